The first-order valence-electron chi connectivity index (χ1n) is 9.29. The summed E-state index contributed by atoms with van der Waals surface area (Å²) in [7, 11) is 0.545. The standard InChI is InChI=1S/C17H19N2O6P.2CH4O/c1-11-8-19(17(21)18-16(11)20)15-7-6-13(24-15)10-23-26-22-9-12-4-2-3-5-14(12)25-26;2*1-2/h2-5,8,13,15H,6-7,9-10H2,1H3,(H,18,20,21);2*2H,1H3. The molecule has 30 heavy (non-hydrogen) atoms. The summed E-state index contributed by atoms with van der Waals surface area (Å²) in [6.45, 7) is 2.44. The minimum Gasteiger partial charge on any atom is -0.426 e. The van der Waals surface area contributed by atoms with Crippen molar-refractivity contribution >= 4 is 8.60 Å². The van der Waals surface area contributed by atoms with Gasteiger partial charge >= 0.3 is 14.3 Å². The molecule has 0 aliphatic carbocycles. The van der Waals surface area contributed by atoms with E-state index in [1.54, 1.807) is 6.92 Å². The van der Waals surface area contributed by atoms with Gasteiger partial charge in [-0.1, -0.05) is 18.2 Å². The van der Waals surface area contributed by atoms with Crippen LogP contribution in [0.2, 0.25) is 0 Å². The maximum atomic E-state index is 12.0. The molecule has 3 unspecified atom stereocenters. The Morgan fingerprint density at radius 3 is 2.70 bits per heavy atom. The van der Waals surface area contributed by atoms with E-state index in [4.69, 9.17) is 28.5 Å². The molecule has 10 nitrogen and oxygen atoms in total. The van der Waals surface area contributed by atoms with Crippen LogP contribution in [0.5, 0.6) is 5.75 Å². The molecule has 2 aliphatic rings. The number of H-pyrrole nitrogens is 1. The lowest BCUT2D eigenvalue weighted by atomic mass is 10.2. The van der Waals surface area contributed by atoms with E-state index in [0.717, 1.165) is 32.0 Å². The fourth-order valence-electron chi connectivity index (χ4n) is 2.96. The average molecular weight is 442 g/mol. The number of aryl methyl sites for hydroxylation is 1. The van der Waals surface area contributed by atoms with Crippen LogP contribution in [-0.2, 0) is 20.4 Å². The Kier molecular flexibility index (Phi) is 9.64. The Labute approximate surface area is 175 Å². The summed E-state index contributed by atoms with van der Waals surface area (Å²) in [5.74, 6) is 0.783. The van der Waals surface area contributed by atoms with Crippen molar-refractivity contribution in [3.8, 4) is 5.75 Å². The second kappa shape index (κ2) is 11.9. The Bertz CT molecular complexity index is 916. The van der Waals surface area contributed by atoms with Gasteiger partial charge in [0, 0.05) is 31.5 Å². The Morgan fingerprint density at radius 2 is 1.93 bits per heavy atom. The number of hydrogen-bond acceptors (Lipinski definition) is 8. The van der Waals surface area contributed by atoms with E-state index in [1.807, 2.05) is 24.3 Å². The third kappa shape index (κ3) is 5.98. The van der Waals surface area contributed by atoms with Crippen LogP contribution < -0.4 is 15.8 Å². The summed E-state index contributed by atoms with van der Waals surface area (Å²) in [4.78, 5) is 25.7. The van der Waals surface area contributed by atoms with Crippen LogP contribution in [0.15, 0.2) is 40.1 Å². The van der Waals surface area contributed by atoms with Gasteiger partial charge < -0.3 is 19.5 Å². The van der Waals surface area contributed by atoms with Crippen LogP contribution in [0.1, 0.15) is 30.2 Å². The molecule has 1 fully saturated rings. The van der Waals surface area contributed by atoms with E-state index in [9.17, 15) is 9.59 Å². The summed E-state index contributed by atoms with van der Waals surface area (Å²) >= 11 is 0. The summed E-state index contributed by atoms with van der Waals surface area (Å²) in [6.07, 6.45) is 2.37. The molecule has 11 heteroatoms. The molecule has 2 aromatic rings. The van der Waals surface area contributed by atoms with Crippen LogP contribution in [-0.4, -0.2) is 46.7 Å². The number of ether oxygens (including phenoxy) is 1. The van der Waals surface area contributed by atoms with Gasteiger partial charge in [-0.25, -0.2) is 4.79 Å². The first-order valence-corrected chi connectivity index (χ1v) is 10.4. The molecule has 1 saturated heterocycles. The number of nitrogens with one attached hydrogen (secondary N) is 1. The van der Waals surface area contributed by atoms with E-state index in [1.165, 1.54) is 10.8 Å². The topological polar surface area (TPSA) is 132 Å². The molecular formula is C19H27N2O8P. The molecule has 0 amide bonds. The lowest BCUT2D eigenvalue weighted by molar-refractivity contribution is -0.0230. The number of benzene rings is 1. The molecule has 1 aromatic carbocycles. The fourth-order valence-corrected chi connectivity index (χ4v) is 4.01. The highest BCUT2D eigenvalue weighted by Gasteiger charge is 2.30. The van der Waals surface area contributed by atoms with Gasteiger partial charge in [-0.3, -0.25) is 23.4 Å². The maximum absolute atomic E-state index is 12.0. The van der Waals surface area contributed by atoms with Gasteiger partial charge in [0.25, 0.3) is 5.56 Å². The van der Waals surface area contributed by atoms with E-state index < -0.39 is 20.5 Å². The van der Waals surface area contributed by atoms with Gasteiger partial charge in [0.1, 0.15) is 12.0 Å². The first-order chi connectivity index (χ1) is 14.6. The van der Waals surface area contributed by atoms with Crippen molar-refractivity contribution in [3.05, 3.63) is 62.4 Å². The van der Waals surface area contributed by atoms with E-state index in [-0.39, 0.29) is 11.7 Å². The van der Waals surface area contributed by atoms with Crippen molar-refractivity contribution in [2.45, 2.75) is 38.7 Å². The van der Waals surface area contributed by atoms with Crippen LogP contribution >= 0.6 is 8.60 Å². The second-order valence-electron chi connectivity index (χ2n) is 6.26. The van der Waals surface area contributed by atoms with Gasteiger partial charge in [-0.2, -0.15) is 0 Å². The molecule has 1 aromatic heterocycles. The number of aliphatic hydroxyl groups excluding tert-OH is 2. The smallest absolute Gasteiger partial charge is 0.397 e. The average Bonchev–Trinajstić information content (AvgIpc) is 3.26. The zero-order valence-corrected chi connectivity index (χ0v) is 18.0. The predicted molar refractivity (Wildman–Crippen MR) is 110 cm³/mol. The molecule has 3 atom stereocenters. The summed E-state index contributed by atoms with van der Waals surface area (Å²) in [5.41, 5.74) is 0.629. The zero-order valence-electron chi connectivity index (χ0n) is 17.1. The molecule has 3 N–H and O–H groups in total. The largest absolute Gasteiger partial charge is 0.426 e. The quantitative estimate of drug-likeness (QED) is 0.609. The van der Waals surface area contributed by atoms with Gasteiger partial charge in [-0.05, 0) is 25.8 Å². The monoisotopic (exact) mass is 442 g/mol. The first kappa shape index (κ1) is 24.2. The Hall–Kier alpha value is -2.07. The number of aromatic nitrogens is 2. The van der Waals surface area contributed by atoms with E-state index in [0.29, 0.717) is 25.2 Å². The highest BCUT2D eigenvalue weighted by Crippen LogP contribution is 2.47. The van der Waals surface area contributed by atoms with Gasteiger partial charge in [0.2, 0.25) is 0 Å². The van der Waals surface area contributed by atoms with E-state index in [2.05, 4.69) is 4.98 Å². The molecular weight excluding hydrogens is 415 g/mol. The predicted octanol–water partition coefficient (Wildman–Crippen LogP) is 1.59. The van der Waals surface area contributed by atoms with Gasteiger partial charge in [0.05, 0.1) is 19.3 Å². The number of rotatable bonds is 4. The summed E-state index contributed by atoms with van der Waals surface area (Å²) in [5, 5.41) is 14.0. The number of aliphatic hydroxyl groups is 2. The summed E-state index contributed by atoms with van der Waals surface area (Å²) < 4.78 is 24.4. The molecule has 4 rings (SSSR count). The lowest BCUT2D eigenvalue weighted by Crippen LogP contribution is -2.33. The fraction of sp³-hybridized carbons (Fsp3) is 0.474. The molecule has 3 heterocycles. The molecule has 166 valence electrons. The van der Waals surface area contributed by atoms with Gasteiger partial charge in [-0.15, -0.1) is 0 Å². The molecule has 0 bridgehead atoms. The zero-order chi connectivity index (χ0) is 22.1. The maximum Gasteiger partial charge on any atom is 0.397 e. The Morgan fingerprint density at radius 1 is 1.20 bits per heavy atom. The van der Waals surface area contributed by atoms with Crippen molar-refractivity contribution < 1.29 is 28.5 Å². The van der Waals surface area contributed by atoms with Crippen LogP contribution in [0, 0.1) is 6.92 Å². The van der Waals surface area contributed by atoms with Crippen molar-refractivity contribution in [1.82, 2.24) is 9.55 Å². The minimum absolute atomic E-state index is 0.161. The van der Waals surface area contributed by atoms with E-state index >= 15 is 0 Å². The highest BCUT2D eigenvalue weighted by molar-refractivity contribution is 7.42. The van der Waals surface area contributed by atoms with Crippen molar-refractivity contribution in [3.63, 3.8) is 0 Å². The number of nitrogens with zero attached hydrogens (tertiary/aromatic N) is 1. The highest BCUT2D eigenvalue weighted by atomic mass is 31.2. The second-order valence-corrected chi connectivity index (χ2v) is 7.41. The van der Waals surface area contributed by atoms with Crippen molar-refractivity contribution in [1.29, 1.82) is 0 Å². The SMILES string of the molecule is CO.CO.Cc1cn(C2CCC(COP3OCc4ccccc4O3)O2)c(=O)[nH]c1=O. The molecule has 0 saturated carbocycles. The molecule has 0 spiro atoms. The normalized spacial score (nSPS) is 22.0. The third-order valence-corrected chi connectivity index (χ3v) is 5.42. The molecule has 0 radical (unpaired) electrons. The minimum atomic E-state index is -1.45. The number of para-hydroxylation sites is 1. The van der Waals surface area contributed by atoms with Crippen LogP contribution in [0.3, 0.4) is 0 Å². The van der Waals surface area contributed by atoms with Gasteiger partial charge in [0.15, 0.2) is 0 Å². The number of hydrogen-bond donors (Lipinski definition) is 3. The number of fused-ring (bicyclic) bond motifs is 1. The number of aromatic amines is 1. The van der Waals surface area contributed by atoms with Crippen molar-refractivity contribution in [2.24, 2.45) is 0 Å². The lowest BCUT2D eigenvalue weighted by Gasteiger charge is -2.24. The van der Waals surface area contributed by atoms with Crippen LogP contribution in [0.4, 0.5) is 0 Å². The summed E-state index contributed by atoms with van der Waals surface area (Å²) in [6, 6.07) is 7.69. The molecule has 2 aliphatic heterocycles. The van der Waals surface area contributed by atoms with Crippen molar-refractivity contribution in [2.75, 3.05) is 20.8 Å². The van der Waals surface area contributed by atoms with Crippen LogP contribution in [0.25, 0.3) is 0 Å². The Balaban J connectivity index is 0.000000757. The third-order valence-electron chi connectivity index (χ3n) is 4.38.